The zero-order valence-electron chi connectivity index (χ0n) is 9.63. The summed E-state index contributed by atoms with van der Waals surface area (Å²) in [5.74, 6) is -0.0486. The summed E-state index contributed by atoms with van der Waals surface area (Å²) >= 11 is 11.7. The maximum atomic E-state index is 12.1. The molecule has 2 nitrogen and oxygen atoms in total. The molecule has 0 radical (unpaired) electrons. The highest BCUT2D eigenvalue weighted by Gasteiger charge is 2.15. The summed E-state index contributed by atoms with van der Waals surface area (Å²) in [5, 5.41) is 0.509. The number of benzene rings is 1. The molecule has 0 aromatic heterocycles. The zero-order valence-corrected chi connectivity index (χ0v) is 11.1. The second-order valence-electron chi connectivity index (χ2n) is 3.93. The van der Waals surface area contributed by atoms with E-state index in [1.54, 1.807) is 24.1 Å². The van der Waals surface area contributed by atoms with Gasteiger partial charge in [0.05, 0.1) is 0 Å². The van der Waals surface area contributed by atoms with Crippen LogP contribution in [0.25, 0.3) is 0 Å². The molecular formula is C12H15Cl2NO. The molecule has 1 unspecified atom stereocenters. The third-order valence-corrected chi connectivity index (χ3v) is 2.68. The Balaban J connectivity index is 2.91. The minimum absolute atomic E-state index is 0.0486. The van der Waals surface area contributed by atoms with E-state index in [1.807, 2.05) is 19.9 Å². The van der Waals surface area contributed by atoms with E-state index in [2.05, 4.69) is 0 Å². The van der Waals surface area contributed by atoms with Gasteiger partial charge in [0.25, 0.3) is 5.91 Å². The maximum absolute atomic E-state index is 12.1. The largest absolute Gasteiger partial charge is 0.340 e. The summed E-state index contributed by atoms with van der Waals surface area (Å²) in [6, 6.07) is 5.31. The Bertz CT molecular complexity index is 391. The van der Waals surface area contributed by atoms with Gasteiger partial charge in [-0.2, -0.15) is 0 Å². The number of carbonyl (C=O) groups excluding carboxylic acids is 1. The van der Waals surface area contributed by atoms with Crippen LogP contribution in [0.5, 0.6) is 0 Å². The Morgan fingerprint density at radius 2 is 2.12 bits per heavy atom. The van der Waals surface area contributed by atoms with Gasteiger partial charge in [-0.1, -0.05) is 17.7 Å². The standard InChI is InChI=1S/C12H15Cl2NO/c1-8-4-5-10(14)6-11(8)12(16)15(3)7-9(2)13/h4-6,9H,7H2,1-3H3. The zero-order chi connectivity index (χ0) is 12.3. The molecule has 1 rings (SSSR count). The van der Waals surface area contributed by atoms with Crippen LogP contribution in [0.3, 0.4) is 0 Å². The molecule has 0 fully saturated rings. The van der Waals surface area contributed by atoms with E-state index >= 15 is 0 Å². The molecule has 1 aromatic rings. The van der Waals surface area contributed by atoms with Crippen molar-refractivity contribution >= 4 is 29.1 Å². The maximum Gasteiger partial charge on any atom is 0.253 e. The average molecular weight is 260 g/mol. The van der Waals surface area contributed by atoms with E-state index in [0.29, 0.717) is 17.1 Å². The van der Waals surface area contributed by atoms with E-state index < -0.39 is 0 Å². The second kappa shape index (κ2) is 5.55. The van der Waals surface area contributed by atoms with Crippen molar-refractivity contribution in [3.8, 4) is 0 Å². The smallest absolute Gasteiger partial charge is 0.253 e. The molecule has 0 aliphatic rings. The van der Waals surface area contributed by atoms with Crippen LogP contribution in [-0.2, 0) is 0 Å². The van der Waals surface area contributed by atoms with Crippen LogP contribution in [0.1, 0.15) is 22.8 Å². The number of carbonyl (C=O) groups is 1. The molecule has 1 amide bonds. The van der Waals surface area contributed by atoms with Gasteiger partial charge in [0, 0.05) is 29.6 Å². The first kappa shape index (κ1) is 13.3. The number of alkyl halides is 1. The molecule has 0 aliphatic heterocycles. The van der Waals surface area contributed by atoms with Crippen LogP contribution in [0.4, 0.5) is 0 Å². The lowest BCUT2D eigenvalue weighted by molar-refractivity contribution is 0.0795. The molecule has 0 saturated carbocycles. The summed E-state index contributed by atoms with van der Waals surface area (Å²) in [6.07, 6.45) is 0. The predicted octanol–water partition coefficient (Wildman–Crippen LogP) is 3.35. The van der Waals surface area contributed by atoms with Crippen molar-refractivity contribution in [2.24, 2.45) is 0 Å². The molecule has 0 bridgehead atoms. The molecule has 0 saturated heterocycles. The predicted molar refractivity (Wildman–Crippen MR) is 68.5 cm³/mol. The van der Waals surface area contributed by atoms with Gasteiger partial charge in [-0.15, -0.1) is 11.6 Å². The van der Waals surface area contributed by atoms with E-state index in [-0.39, 0.29) is 11.3 Å². The fourth-order valence-corrected chi connectivity index (χ4v) is 1.87. The number of amides is 1. The lowest BCUT2D eigenvalue weighted by Gasteiger charge is -2.19. The van der Waals surface area contributed by atoms with Gasteiger partial charge in [-0.3, -0.25) is 4.79 Å². The number of nitrogens with zero attached hydrogens (tertiary/aromatic N) is 1. The number of hydrogen-bond donors (Lipinski definition) is 0. The monoisotopic (exact) mass is 259 g/mol. The average Bonchev–Trinajstić information content (AvgIpc) is 2.19. The lowest BCUT2D eigenvalue weighted by atomic mass is 10.1. The summed E-state index contributed by atoms with van der Waals surface area (Å²) in [4.78, 5) is 13.7. The Morgan fingerprint density at radius 1 is 1.50 bits per heavy atom. The molecule has 0 aliphatic carbocycles. The van der Waals surface area contributed by atoms with Crippen LogP contribution in [0, 0.1) is 6.92 Å². The molecule has 16 heavy (non-hydrogen) atoms. The highest BCUT2D eigenvalue weighted by Crippen LogP contribution is 2.17. The van der Waals surface area contributed by atoms with Gasteiger partial charge in [-0.25, -0.2) is 0 Å². The Kier molecular flexibility index (Phi) is 4.63. The van der Waals surface area contributed by atoms with Gasteiger partial charge in [-0.05, 0) is 31.5 Å². The quantitative estimate of drug-likeness (QED) is 0.763. The molecule has 1 aromatic carbocycles. The van der Waals surface area contributed by atoms with E-state index in [4.69, 9.17) is 23.2 Å². The van der Waals surface area contributed by atoms with Crippen LogP contribution in [0.2, 0.25) is 5.02 Å². The normalized spacial score (nSPS) is 12.3. The highest BCUT2D eigenvalue weighted by atomic mass is 35.5. The first-order chi connectivity index (χ1) is 7.41. The summed E-state index contributed by atoms with van der Waals surface area (Å²) < 4.78 is 0. The van der Waals surface area contributed by atoms with Crippen molar-refractivity contribution in [1.29, 1.82) is 0 Å². The van der Waals surface area contributed by atoms with Gasteiger partial charge in [0.1, 0.15) is 0 Å². The molecular weight excluding hydrogens is 245 g/mol. The number of rotatable bonds is 3. The van der Waals surface area contributed by atoms with Gasteiger partial charge < -0.3 is 4.90 Å². The minimum atomic E-state index is -0.0616. The van der Waals surface area contributed by atoms with Crippen molar-refractivity contribution in [3.63, 3.8) is 0 Å². The minimum Gasteiger partial charge on any atom is -0.340 e. The Morgan fingerprint density at radius 3 is 2.69 bits per heavy atom. The fraction of sp³-hybridized carbons (Fsp3) is 0.417. The summed E-state index contributed by atoms with van der Waals surface area (Å²) in [5.41, 5.74) is 1.55. The van der Waals surface area contributed by atoms with Crippen LogP contribution >= 0.6 is 23.2 Å². The van der Waals surface area contributed by atoms with Crippen molar-refractivity contribution in [2.75, 3.05) is 13.6 Å². The summed E-state index contributed by atoms with van der Waals surface area (Å²) in [6.45, 7) is 4.27. The van der Waals surface area contributed by atoms with Crippen LogP contribution in [0.15, 0.2) is 18.2 Å². The fourth-order valence-electron chi connectivity index (χ4n) is 1.49. The Hall–Kier alpha value is -0.730. The van der Waals surface area contributed by atoms with Crippen LogP contribution in [-0.4, -0.2) is 29.8 Å². The van der Waals surface area contributed by atoms with Crippen molar-refractivity contribution in [3.05, 3.63) is 34.3 Å². The van der Waals surface area contributed by atoms with E-state index in [1.165, 1.54) is 0 Å². The SMILES string of the molecule is Cc1ccc(Cl)cc1C(=O)N(C)CC(C)Cl. The van der Waals surface area contributed by atoms with Crippen LogP contribution < -0.4 is 0 Å². The third-order valence-electron chi connectivity index (χ3n) is 2.30. The van der Waals surface area contributed by atoms with Gasteiger partial charge in [0.15, 0.2) is 0 Å². The first-order valence-corrected chi connectivity index (χ1v) is 5.89. The molecule has 1 atom stereocenters. The molecule has 0 spiro atoms. The second-order valence-corrected chi connectivity index (χ2v) is 5.11. The first-order valence-electron chi connectivity index (χ1n) is 5.07. The third kappa shape index (κ3) is 3.39. The molecule has 0 heterocycles. The number of hydrogen-bond acceptors (Lipinski definition) is 1. The van der Waals surface area contributed by atoms with Gasteiger partial charge >= 0.3 is 0 Å². The molecule has 4 heteroatoms. The molecule has 0 N–H and O–H groups in total. The molecule has 88 valence electrons. The number of halogens is 2. The van der Waals surface area contributed by atoms with Crippen molar-refractivity contribution in [2.45, 2.75) is 19.2 Å². The van der Waals surface area contributed by atoms with E-state index in [9.17, 15) is 4.79 Å². The highest BCUT2D eigenvalue weighted by molar-refractivity contribution is 6.31. The van der Waals surface area contributed by atoms with Crippen molar-refractivity contribution < 1.29 is 4.79 Å². The summed E-state index contributed by atoms with van der Waals surface area (Å²) in [7, 11) is 1.74. The van der Waals surface area contributed by atoms with Crippen molar-refractivity contribution in [1.82, 2.24) is 4.90 Å². The van der Waals surface area contributed by atoms with Gasteiger partial charge in [0.2, 0.25) is 0 Å². The number of aryl methyl sites for hydroxylation is 1. The topological polar surface area (TPSA) is 20.3 Å². The van der Waals surface area contributed by atoms with E-state index in [0.717, 1.165) is 5.56 Å². The Labute approximate surface area is 106 Å². The lowest BCUT2D eigenvalue weighted by Crippen LogP contribution is -2.31.